The molecular formula is C11H14N2OS. The van der Waals surface area contributed by atoms with Crippen LogP contribution in [-0.4, -0.2) is 26.0 Å². The van der Waals surface area contributed by atoms with E-state index >= 15 is 0 Å². The Hall–Kier alpha value is -1.18. The number of rotatable bonds is 5. The molecule has 0 aliphatic heterocycles. The van der Waals surface area contributed by atoms with Crippen molar-refractivity contribution in [2.24, 2.45) is 0 Å². The molecule has 4 heteroatoms. The van der Waals surface area contributed by atoms with E-state index in [4.69, 9.17) is 10.00 Å². The van der Waals surface area contributed by atoms with Gasteiger partial charge in [0.15, 0.2) is 0 Å². The average Bonchev–Trinajstić information content (AvgIpc) is 2.31. The number of hydrogen-bond donors (Lipinski definition) is 1. The Labute approximate surface area is 94.4 Å². The molecule has 0 heterocycles. The summed E-state index contributed by atoms with van der Waals surface area (Å²) in [6.07, 6.45) is 0. The van der Waals surface area contributed by atoms with Crippen molar-refractivity contribution in [3.63, 3.8) is 0 Å². The van der Waals surface area contributed by atoms with E-state index in [0.717, 1.165) is 10.6 Å². The number of nitriles is 1. The van der Waals surface area contributed by atoms with Gasteiger partial charge in [0, 0.05) is 10.6 Å². The van der Waals surface area contributed by atoms with Gasteiger partial charge in [0.25, 0.3) is 0 Å². The van der Waals surface area contributed by atoms with Crippen molar-refractivity contribution in [2.75, 3.05) is 19.9 Å². The van der Waals surface area contributed by atoms with Crippen molar-refractivity contribution in [3.05, 3.63) is 24.3 Å². The first-order chi connectivity index (χ1) is 7.31. The summed E-state index contributed by atoms with van der Waals surface area (Å²) in [6.45, 7) is 0. The normalized spacial score (nSPS) is 11.8. The molecule has 0 bridgehead atoms. The zero-order valence-corrected chi connectivity index (χ0v) is 9.67. The SMILES string of the molecule is CNC(C#N)CSc1ccccc1OC. The number of nitrogens with zero attached hydrogens (tertiary/aromatic N) is 1. The highest BCUT2D eigenvalue weighted by Gasteiger charge is 2.07. The number of nitrogens with one attached hydrogen (secondary N) is 1. The molecule has 3 nitrogen and oxygen atoms in total. The highest BCUT2D eigenvalue weighted by atomic mass is 32.2. The molecule has 1 aromatic carbocycles. The summed E-state index contributed by atoms with van der Waals surface area (Å²) in [7, 11) is 3.44. The molecule has 1 unspecified atom stereocenters. The van der Waals surface area contributed by atoms with Gasteiger partial charge < -0.3 is 10.1 Å². The van der Waals surface area contributed by atoms with Gasteiger partial charge in [0.1, 0.15) is 11.8 Å². The zero-order chi connectivity index (χ0) is 11.1. The Morgan fingerprint density at radius 3 is 2.87 bits per heavy atom. The molecule has 0 spiro atoms. The van der Waals surface area contributed by atoms with Crippen LogP contribution in [0.5, 0.6) is 5.75 Å². The fraction of sp³-hybridized carbons (Fsp3) is 0.364. The van der Waals surface area contributed by atoms with Crippen molar-refractivity contribution in [2.45, 2.75) is 10.9 Å². The van der Waals surface area contributed by atoms with Crippen LogP contribution in [0, 0.1) is 11.3 Å². The van der Waals surface area contributed by atoms with Crippen molar-refractivity contribution in [1.82, 2.24) is 5.32 Å². The van der Waals surface area contributed by atoms with E-state index in [1.54, 1.807) is 25.9 Å². The minimum atomic E-state index is -0.125. The lowest BCUT2D eigenvalue weighted by molar-refractivity contribution is 0.405. The topological polar surface area (TPSA) is 45.0 Å². The number of hydrogen-bond acceptors (Lipinski definition) is 4. The van der Waals surface area contributed by atoms with E-state index in [-0.39, 0.29) is 6.04 Å². The van der Waals surface area contributed by atoms with E-state index in [2.05, 4.69) is 11.4 Å². The van der Waals surface area contributed by atoms with Gasteiger partial charge in [-0.2, -0.15) is 5.26 Å². The second kappa shape index (κ2) is 6.33. The number of benzene rings is 1. The zero-order valence-electron chi connectivity index (χ0n) is 8.86. The number of para-hydroxylation sites is 1. The summed E-state index contributed by atoms with van der Waals surface area (Å²) >= 11 is 1.62. The lowest BCUT2D eigenvalue weighted by Gasteiger charge is -2.09. The minimum absolute atomic E-state index is 0.125. The van der Waals surface area contributed by atoms with Gasteiger partial charge in [-0.15, -0.1) is 11.8 Å². The first-order valence-corrected chi connectivity index (χ1v) is 5.63. The Morgan fingerprint density at radius 2 is 2.27 bits per heavy atom. The summed E-state index contributed by atoms with van der Waals surface area (Å²) in [5, 5.41) is 11.7. The Morgan fingerprint density at radius 1 is 1.53 bits per heavy atom. The van der Waals surface area contributed by atoms with E-state index < -0.39 is 0 Å². The molecule has 80 valence electrons. The molecule has 0 saturated carbocycles. The molecule has 1 aromatic rings. The molecular weight excluding hydrogens is 208 g/mol. The quantitative estimate of drug-likeness (QED) is 0.773. The molecule has 1 N–H and O–H groups in total. The summed E-state index contributed by atoms with van der Waals surface area (Å²) < 4.78 is 5.22. The van der Waals surface area contributed by atoms with Crippen LogP contribution in [0.1, 0.15) is 0 Å². The summed E-state index contributed by atoms with van der Waals surface area (Å²) in [5.74, 6) is 1.57. The van der Waals surface area contributed by atoms with Crippen LogP contribution in [-0.2, 0) is 0 Å². The second-order valence-corrected chi connectivity index (χ2v) is 3.99. The number of thioether (sulfide) groups is 1. The highest BCUT2D eigenvalue weighted by molar-refractivity contribution is 7.99. The lowest BCUT2D eigenvalue weighted by atomic mass is 10.3. The molecule has 1 rings (SSSR count). The van der Waals surface area contributed by atoms with Crippen LogP contribution in [0.2, 0.25) is 0 Å². The van der Waals surface area contributed by atoms with E-state index in [1.807, 2.05) is 24.3 Å². The Bertz CT molecular complexity index is 349. The molecule has 0 aliphatic carbocycles. The molecule has 0 radical (unpaired) electrons. The third kappa shape index (κ3) is 3.46. The summed E-state index contributed by atoms with van der Waals surface area (Å²) in [6, 6.07) is 9.87. The van der Waals surface area contributed by atoms with Crippen LogP contribution < -0.4 is 10.1 Å². The van der Waals surface area contributed by atoms with Crippen LogP contribution in [0.4, 0.5) is 0 Å². The van der Waals surface area contributed by atoms with Crippen molar-refractivity contribution < 1.29 is 4.74 Å². The second-order valence-electron chi connectivity index (χ2n) is 2.93. The van der Waals surface area contributed by atoms with Crippen LogP contribution in [0.15, 0.2) is 29.2 Å². The Kier molecular flexibility index (Phi) is 5.02. The van der Waals surface area contributed by atoms with Gasteiger partial charge in [-0.25, -0.2) is 0 Å². The summed E-state index contributed by atoms with van der Waals surface area (Å²) in [5.41, 5.74) is 0. The Balaban J connectivity index is 2.61. The lowest BCUT2D eigenvalue weighted by Crippen LogP contribution is -2.25. The maximum atomic E-state index is 8.77. The third-order valence-electron chi connectivity index (χ3n) is 1.98. The van der Waals surface area contributed by atoms with Crippen molar-refractivity contribution >= 4 is 11.8 Å². The third-order valence-corrected chi connectivity index (χ3v) is 3.13. The van der Waals surface area contributed by atoms with Crippen LogP contribution >= 0.6 is 11.8 Å². The van der Waals surface area contributed by atoms with E-state index in [0.29, 0.717) is 5.75 Å². The maximum absolute atomic E-state index is 8.77. The van der Waals surface area contributed by atoms with E-state index in [1.165, 1.54) is 0 Å². The number of ether oxygens (including phenoxy) is 1. The monoisotopic (exact) mass is 222 g/mol. The molecule has 0 aliphatic rings. The molecule has 15 heavy (non-hydrogen) atoms. The molecule has 1 atom stereocenters. The first kappa shape index (κ1) is 11.9. The van der Waals surface area contributed by atoms with Crippen LogP contribution in [0.25, 0.3) is 0 Å². The van der Waals surface area contributed by atoms with E-state index in [9.17, 15) is 0 Å². The molecule has 0 saturated heterocycles. The predicted molar refractivity (Wildman–Crippen MR) is 62.2 cm³/mol. The minimum Gasteiger partial charge on any atom is -0.496 e. The smallest absolute Gasteiger partial charge is 0.132 e. The predicted octanol–water partition coefficient (Wildman–Crippen LogP) is 1.90. The van der Waals surface area contributed by atoms with Gasteiger partial charge in [-0.1, -0.05) is 12.1 Å². The highest BCUT2D eigenvalue weighted by Crippen LogP contribution is 2.28. The van der Waals surface area contributed by atoms with Gasteiger partial charge in [0.05, 0.1) is 13.2 Å². The summed E-state index contributed by atoms with van der Waals surface area (Å²) in [4.78, 5) is 1.07. The number of methoxy groups -OCH3 is 1. The van der Waals surface area contributed by atoms with Crippen molar-refractivity contribution in [1.29, 1.82) is 5.26 Å². The van der Waals surface area contributed by atoms with Gasteiger partial charge in [-0.05, 0) is 19.2 Å². The standard InChI is InChI=1S/C11H14N2OS/c1-13-9(7-12)8-15-11-6-4-3-5-10(11)14-2/h3-6,9,13H,8H2,1-2H3. The van der Waals surface area contributed by atoms with Gasteiger partial charge in [0.2, 0.25) is 0 Å². The maximum Gasteiger partial charge on any atom is 0.132 e. The van der Waals surface area contributed by atoms with Crippen molar-refractivity contribution in [3.8, 4) is 11.8 Å². The van der Waals surface area contributed by atoms with Crippen LogP contribution in [0.3, 0.4) is 0 Å². The fourth-order valence-electron chi connectivity index (χ4n) is 1.10. The molecule has 0 amide bonds. The fourth-order valence-corrected chi connectivity index (χ4v) is 2.15. The largest absolute Gasteiger partial charge is 0.496 e. The molecule has 0 fully saturated rings. The van der Waals surface area contributed by atoms with Gasteiger partial charge >= 0.3 is 0 Å². The average molecular weight is 222 g/mol. The van der Waals surface area contributed by atoms with Gasteiger partial charge in [-0.3, -0.25) is 0 Å². The molecule has 0 aromatic heterocycles. The first-order valence-electron chi connectivity index (χ1n) is 4.64.